The van der Waals surface area contributed by atoms with Crippen LogP contribution in [0.2, 0.25) is 0 Å². The van der Waals surface area contributed by atoms with Crippen molar-refractivity contribution in [1.29, 1.82) is 0 Å². The maximum atomic E-state index is 12.4. The number of rotatable bonds is 6. The zero-order valence-electron chi connectivity index (χ0n) is 18.1. The first-order valence-corrected chi connectivity index (χ1v) is 10.9. The summed E-state index contributed by atoms with van der Waals surface area (Å²) in [4.78, 5) is 12.4. The molecule has 0 spiro atoms. The molecule has 158 valence electrons. The molecule has 1 aliphatic carbocycles. The van der Waals surface area contributed by atoms with E-state index in [2.05, 4.69) is 51.1 Å². The number of nitrogens with zero attached hydrogens (tertiary/aromatic N) is 1. The van der Waals surface area contributed by atoms with Gasteiger partial charge < -0.3 is 9.15 Å². The third-order valence-electron chi connectivity index (χ3n) is 6.65. The normalized spacial score (nSPS) is 22.0. The second kappa shape index (κ2) is 8.55. The summed E-state index contributed by atoms with van der Waals surface area (Å²) in [6, 6.07) is 20.6. The van der Waals surface area contributed by atoms with Gasteiger partial charge in [-0.25, -0.2) is 4.79 Å². The molecule has 0 amide bonds. The van der Waals surface area contributed by atoms with Gasteiger partial charge in [0.05, 0.1) is 12.7 Å². The minimum absolute atomic E-state index is 0.0136. The second-order valence-electron chi connectivity index (χ2n) is 9.20. The van der Waals surface area contributed by atoms with Crippen LogP contribution in [-0.4, -0.2) is 10.7 Å². The Bertz CT molecular complexity index is 1000. The van der Waals surface area contributed by atoms with Crippen LogP contribution in [-0.2, 0) is 12.0 Å². The van der Waals surface area contributed by atoms with E-state index in [4.69, 9.17) is 9.15 Å². The van der Waals surface area contributed by atoms with Gasteiger partial charge in [0.25, 0.3) is 0 Å². The maximum Gasteiger partial charge on any atom is 0.422 e. The molecule has 1 fully saturated rings. The quantitative estimate of drug-likeness (QED) is 0.532. The number of aromatic nitrogens is 1. The van der Waals surface area contributed by atoms with E-state index in [0.29, 0.717) is 24.3 Å². The summed E-state index contributed by atoms with van der Waals surface area (Å²) in [6.07, 6.45) is 4.98. The smallest absolute Gasteiger partial charge is 0.422 e. The van der Waals surface area contributed by atoms with Crippen LogP contribution in [0.15, 0.2) is 76.1 Å². The molecule has 4 heteroatoms. The molecule has 1 aromatic heterocycles. The van der Waals surface area contributed by atoms with E-state index in [9.17, 15) is 4.79 Å². The Labute approximate surface area is 178 Å². The van der Waals surface area contributed by atoms with Gasteiger partial charge in [0, 0.05) is 5.92 Å². The van der Waals surface area contributed by atoms with E-state index in [0.717, 1.165) is 18.4 Å². The van der Waals surface area contributed by atoms with Crippen LogP contribution < -0.4 is 10.5 Å². The molecule has 3 atom stereocenters. The topological polar surface area (TPSA) is 44.4 Å². The second-order valence-corrected chi connectivity index (χ2v) is 9.20. The third kappa shape index (κ3) is 4.38. The summed E-state index contributed by atoms with van der Waals surface area (Å²) < 4.78 is 13.4. The Kier molecular flexibility index (Phi) is 5.85. The van der Waals surface area contributed by atoms with Crippen molar-refractivity contribution in [2.75, 3.05) is 0 Å². The van der Waals surface area contributed by atoms with E-state index in [1.807, 2.05) is 30.3 Å². The predicted octanol–water partition coefficient (Wildman–Crippen LogP) is 5.65. The van der Waals surface area contributed by atoms with Gasteiger partial charge in [-0.1, -0.05) is 87.9 Å². The van der Waals surface area contributed by atoms with Gasteiger partial charge in [-0.15, -0.1) is 0 Å². The van der Waals surface area contributed by atoms with Crippen LogP contribution in [0.1, 0.15) is 51.2 Å². The SMILES string of the molecule is C[C@@H]1CC[C@@H](C(C)(C)c2ccccc2)[C@@H](Oc2cn(Cc3ccccc3)c(=O)o2)C1. The predicted molar refractivity (Wildman–Crippen MR) is 119 cm³/mol. The van der Waals surface area contributed by atoms with Gasteiger partial charge in [0.15, 0.2) is 0 Å². The highest BCUT2D eigenvalue weighted by Crippen LogP contribution is 2.43. The molecule has 4 rings (SSSR count). The Balaban J connectivity index is 1.55. The summed E-state index contributed by atoms with van der Waals surface area (Å²) in [5.74, 6) is 0.885. The highest BCUT2D eigenvalue weighted by atomic mass is 16.6. The molecule has 30 heavy (non-hydrogen) atoms. The van der Waals surface area contributed by atoms with Crippen molar-refractivity contribution in [2.45, 2.75) is 58.1 Å². The first kappa shape index (κ1) is 20.5. The van der Waals surface area contributed by atoms with Crippen molar-refractivity contribution in [3.8, 4) is 5.95 Å². The lowest BCUT2D eigenvalue weighted by atomic mass is 9.64. The van der Waals surface area contributed by atoms with Crippen LogP contribution in [0.3, 0.4) is 0 Å². The molecule has 0 radical (unpaired) electrons. The monoisotopic (exact) mass is 405 g/mol. The summed E-state index contributed by atoms with van der Waals surface area (Å²) in [5, 5.41) is 0. The molecule has 0 saturated heterocycles. The highest BCUT2D eigenvalue weighted by molar-refractivity contribution is 5.25. The van der Waals surface area contributed by atoms with Gasteiger partial charge in [-0.3, -0.25) is 4.57 Å². The average Bonchev–Trinajstić information content (AvgIpc) is 3.08. The van der Waals surface area contributed by atoms with Crippen LogP contribution in [0, 0.1) is 11.8 Å². The van der Waals surface area contributed by atoms with E-state index in [-0.39, 0.29) is 17.3 Å². The summed E-state index contributed by atoms with van der Waals surface area (Å²) >= 11 is 0. The van der Waals surface area contributed by atoms with E-state index in [1.165, 1.54) is 12.0 Å². The van der Waals surface area contributed by atoms with Crippen molar-refractivity contribution in [3.63, 3.8) is 0 Å². The average molecular weight is 406 g/mol. The van der Waals surface area contributed by atoms with Crippen molar-refractivity contribution in [3.05, 3.63) is 88.5 Å². The van der Waals surface area contributed by atoms with Crippen molar-refractivity contribution < 1.29 is 9.15 Å². The van der Waals surface area contributed by atoms with E-state index < -0.39 is 0 Å². The molecule has 0 N–H and O–H groups in total. The van der Waals surface area contributed by atoms with Crippen molar-refractivity contribution >= 4 is 0 Å². The third-order valence-corrected chi connectivity index (χ3v) is 6.65. The van der Waals surface area contributed by atoms with Gasteiger partial charge in [0.1, 0.15) is 6.10 Å². The minimum atomic E-state index is -0.378. The lowest BCUT2D eigenvalue weighted by Crippen LogP contribution is -2.44. The molecular weight excluding hydrogens is 374 g/mol. The van der Waals surface area contributed by atoms with E-state index >= 15 is 0 Å². The van der Waals surface area contributed by atoms with Crippen molar-refractivity contribution in [2.24, 2.45) is 11.8 Å². The fourth-order valence-corrected chi connectivity index (χ4v) is 4.81. The maximum absolute atomic E-state index is 12.4. The molecule has 1 saturated carbocycles. The summed E-state index contributed by atoms with van der Waals surface area (Å²) in [7, 11) is 0. The Morgan fingerprint density at radius 3 is 2.40 bits per heavy atom. The largest absolute Gasteiger partial charge is 0.460 e. The van der Waals surface area contributed by atoms with Gasteiger partial charge in [-0.05, 0) is 35.3 Å². The minimum Gasteiger partial charge on any atom is -0.460 e. The molecule has 0 bridgehead atoms. The molecule has 4 nitrogen and oxygen atoms in total. The van der Waals surface area contributed by atoms with E-state index in [1.54, 1.807) is 10.8 Å². The molecule has 0 unspecified atom stereocenters. The molecular formula is C26H31NO3. The van der Waals surface area contributed by atoms with Crippen LogP contribution in [0.5, 0.6) is 5.95 Å². The first-order valence-electron chi connectivity index (χ1n) is 10.9. The lowest BCUT2D eigenvalue weighted by Gasteiger charge is -2.43. The molecule has 1 heterocycles. The molecule has 1 aliphatic rings. The fourth-order valence-electron chi connectivity index (χ4n) is 4.81. The van der Waals surface area contributed by atoms with Crippen LogP contribution >= 0.6 is 0 Å². The Morgan fingerprint density at radius 1 is 1.03 bits per heavy atom. The van der Waals surface area contributed by atoms with Crippen LogP contribution in [0.25, 0.3) is 0 Å². The number of ether oxygens (including phenoxy) is 1. The zero-order chi connectivity index (χ0) is 21.1. The van der Waals surface area contributed by atoms with Gasteiger partial charge in [0.2, 0.25) is 0 Å². The Hall–Kier alpha value is -2.75. The highest BCUT2D eigenvalue weighted by Gasteiger charge is 2.41. The number of benzene rings is 2. The van der Waals surface area contributed by atoms with Gasteiger partial charge in [-0.2, -0.15) is 0 Å². The zero-order valence-corrected chi connectivity index (χ0v) is 18.1. The standard InChI is InChI=1S/C26H31NO3/c1-19-14-15-22(26(2,3)21-12-8-5-9-13-21)23(16-19)29-24-18-27(25(28)30-24)17-20-10-6-4-7-11-20/h4-13,18-19,22-23H,14-17H2,1-3H3/t19-,22-,23+/m1/s1. The summed E-state index contributed by atoms with van der Waals surface area (Å²) in [6.45, 7) is 7.36. The number of hydrogen-bond acceptors (Lipinski definition) is 3. The van der Waals surface area contributed by atoms with Crippen LogP contribution in [0.4, 0.5) is 0 Å². The lowest BCUT2D eigenvalue weighted by molar-refractivity contribution is 0.0165. The fraction of sp³-hybridized carbons (Fsp3) is 0.423. The first-order chi connectivity index (χ1) is 14.4. The number of hydrogen-bond donors (Lipinski definition) is 0. The van der Waals surface area contributed by atoms with Gasteiger partial charge >= 0.3 is 11.7 Å². The van der Waals surface area contributed by atoms with Crippen molar-refractivity contribution in [1.82, 2.24) is 4.57 Å². The Morgan fingerprint density at radius 2 is 1.70 bits per heavy atom. The molecule has 2 aromatic carbocycles. The summed E-state index contributed by atoms with van der Waals surface area (Å²) in [5.41, 5.74) is 2.35. The molecule has 0 aliphatic heterocycles. The number of oxazole rings is 1. The molecule has 3 aromatic rings.